The van der Waals surface area contributed by atoms with Gasteiger partial charge in [-0.1, -0.05) is 115 Å². The number of hydrogen-bond donors (Lipinski definition) is 0. The van der Waals surface area contributed by atoms with Crippen LogP contribution < -0.4 is 4.90 Å². The molecular formula is C48H30N2S2. The van der Waals surface area contributed by atoms with E-state index < -0.39 is 0 Å². The molecule has 2 aliphatic rings. The van der Waals surface area contributed by atoms with Crippen LogP contribution in [0.3, 0.4) is 0 Å². The predicted molar refractivity (Wildman–Crippen MR) is 224 cm³/mol. The second kappa shape index (κ2) is 10.8. The highest BCUT2D eigenvalue weighted by Gasteiger charge is 2.44. The average molecular weight is 699 g/mol. The zero-order valence-corrected chi connectivity index (χ0v) is 29.7. The standard InChI is InChI=1S/C48H30N2S2/c1-2-11-30(12-3-1)49-41-18-7-4-13-33(41)37-24-25-38-34-14-5-8-19-42(34)50(47(38)46(37)49)31-22-26-44-40(28-31)36-23-21-29(27-45(36)51-44)32-16-10-17-39-35-15-6-9-20-43(35)52-48(32)39/h1-28,37,46H. The number of benzene rings is 7. The van der Waals surface area contributed by atoms with Gasteiger partial charge in [0.05, 0.1) is 17.3 Å². The third-order valence-electron chi connectivity index (χ3n) is 11.3. The molecule has 3 aromatic heterocycles. The molecule has 2 atom stereocenters. The molecule has 10 aromatic rings. The Labute approximate surface area is 308 Å². The SMILES string of the molecule is C1=CC2c3ccccc3N(c3ccccc3)C2c2c1c1ccccc1n2-c1ccc2sc3cc(-c4cccc5c4sc4ccccc45)ccc3c2c1. The van der Waals surface area contributed by atoms with E-state index in [-0.39, 0.29) is 12.0 Å². The maximum Gasteiger partial charge on any atom is 0.0856 e. The number of hydrogen-bond acceptors (Lipinski definition) is 3. The molecule has 1 aliphatic carbocycles. The minimum absolute atomic E-state index is 0.126. The molecule has 2 unspecified atom stereocenters. The Balaban J connectivity index is 1.05. The van der Waals surface area contributed by atoms with Gasteiger partial charge in [0, 0.05) is 74.3 Å². The van der Waals surface area contributed by atoms with Crippen LogP contribution in [0.25, 0.3) is 74.1 Å². The highest BCUT2D eigenvalue weighted by Crippen LogP contribution is 2.57. The van der Waals surface area contributed by atoms with Crippen LogP contribution in [0.2, 0.25) is 0 Å². The number of anilines is 2. The van der Waals surface area contributed by atoms with Gasteiger partial charge in [-0.05, 0) is 71.3 Å². The van der Waals surface area contributed by atoms with Crippen LogP contribution in [0.4, 0.5) is 11.4 Å². The van der Waals surface area contributed by atoms with E-state index in [1.54, 1.807) is 0 Å². The first-order valence-corrected chi connectivity index (χ1v) is 19.6. The van der Waals surface area contributed by atoms with E-state index in [2.05, 4.69) is 179 Å². The number of thiophene rings is 2. The van der Waals surface area contributed by atoms with Crippen molar-refractivity contribution in [1.82, 2.24) is 4.57 Å². The van der Waals surface area contributed by atoms with Crippen molar-refractivity contribution in [1.29, 1.82) is 0 Å². The minimum atomic E-state index is 0.126. The third-order valence-corrected chi connectivity index (χ3v) is 13.7. The Morgan fingerprint density at radius 3 is 2.21 bits per heavy atom. The fourth-order valence-corrected chi connectivity index (χ4v) is 11.5. The highest BCUT2D eigenvalue weighted by molar-refractivity contribution is 7.26. The Bertz CT molecular complexity index is 3100. The maximum absolute atomic E-state index is 2.58. The van der Waals surface area contributed by atoms with E-state index in [0.717, 1.165) is 0 Å². The largest absolute Gasteiger partial charge is 0.331 e. The van der Waals surface area contributed by atoms with Crippen LogP contribution in [0.1, 0.15) is 28.8 Å². The summed E-state index contributed by atoms with van der Waals surface area (Å²) >= 11 is 3.80. The van der Waals surface area contributed by atoms with E-state index in [0.29, 0.717) is 0 Å². The fourth-order valence-electron chi connectivity index (χ4n) is 9.13. The first-order valence-electron chi connectivity index (χ1n) is 17.9. The van der Waals surface area contributed by atoms with Gasteiger partial charge in [-0.25, -0.2) is 0 Å². The first kappa shape index (κ1) is 28.7. The topological polar surface area (TPSA) is 8.17 Å². The van der Waals surface area contributed by atoms with Gasteiger partial charge in [0.25, 0.3) is 0 Å². The molecule has 52 heavy (non-hydrogen) atoms. The lowest BCUT2D eigenvalue weighted by atomic mass is 9.86. The molecule has 2 nitrogen and oxygen atoms in total. The van der Waals surface area contributed by atoms with Crippen molar-refractivity contribution in [3.8, 4) is 16.8 Å². The second-order valence-corrected chi connectivity index (χ2v) is 16.2. The molecule has 12 rings (SSSR count). The van der Waals surface area contributed by atoms with Crippen LogP contribution in [-0.2, 0) is 0 Å². The quantitative estimate of drug-likeness (QED) is 0.178. The first-order chi connectivity index (χ1) is 25.8. The lowest BCUT2D eigenvalue weighted by Crippen LogP contribution is -2.26. The number of aromatic nitrogens is 1. The van der Waals surface area contributed by atoms with Crippen LogP contribution >= 0.6 is 22.7 Å². The summed E-state index contributed by atoms with van der Waals surface area (Å²) < 4.78 is 7.91. The van der Waals surface area contributed by atoms with Gasteiger partial charge in [-0.2, -0.15) is 0 Å². The zero-order valence-electron chi connectivity index (χ0n) is 28.0. The van der Waals surface area contributed by atoms with Gasteiger partial charge in [0.1, 0.15) is 0 Å². The smallest absolute Gasteiger partial charge is 0.0856 e. The highest BCUT2D eigenvalue weighted by atomic mass is 32.1. The van der Waals surface area contributed by atoms with Gasteiger partial charge in [0.15, 0.2) is 0 Å². The predicted octanol–water partition coefficient (Wildman–Crippen LogP) is 14.0. The van der Waals surface area contributed by atoms with Gasteiger partial charge in [-0.3, -0.25) is 0 Å². The molecule has 0 radical (unpaired) electrons. The van der Waals surface area contributed by atoms with Gasteiger partial charge in [-0.15, -0.1) is 22.7 Å². The lowest BCUT2D eigenvalue weighted by Gasteiger charge is -2.33. The Morgan fingerprint density at radius 1 is 0.500 bits per heavy atom. The number of para-hydroxylation sites is 3. The van der Waals surface area contributed by atoms with Crippen LogP contribution in [-0.4, -0.2) is 4.57 Å². The summed E-state index contributed by atoms with van der Waals surface area (Å²) in [6.07, 6.45) is 4.83. The van der Waals surface area contributed by atoms with Crippen molar-refractivity contribution in [3.63, 3.8) is 0 Å². The Morgan fingerprint density at radius 2 is 1.27 bits per heavy atom. The minimum Gasteiger partial charge on any atom is -0.331 e. The van der Waals surface area contributed by atoms with Crippen LogP contribution in [0.15, 0.2) is 164 Å². The summed E-state index contributed by atoms with van der Waals surface area (Å²) in [5.74, 6) is 0.251. The summed E-state index contributed by atoms with van der Waals surface area (Å²) in [5.41, 5.74) is 11.6. The summed E-state index contributed by atoms with van der Waals surface area (Å²) in [4.78, 5) is 2.58. The molecule has 1 aliphatic heterocycles. The van der Waals surface area contributed by atoms with E-state index in [4.69, 9.17) is 0 Å². The van der Waals surface area contributed by atoms with E-state index in [1.807, 2.05) is 22.7 Å². The molecule has 0 N–H and O–H groups in total. The molecule has 4 heteroatoms. The molecule has 0 saturated heterocycles. The molecule has 0 saturated carbocycles. The van der Waals surface area contributed by atoms with Crippen molar-refractivity contribution in [2.24, 2.45) is 0 Å². The molecule has 0 spiro atoms. The summed E-state index contributed by atoms with van der Waals surface area (Å²) in [5, 5.41) is 6.61. The molecule has 7 aromatic carbocycles. The maximum atomic E-state index is 2.58. The van der Waals surface area contributed by atoms with Crippen molar-refractivity contribution in [2.45, 2.75) is 12.0 Å². The third kappa shape index (κ3) is 3.94. The summed E-state index contributed by atoms with van der Waals surface area (Å²) in [6.45, 7) is 0. The summed E-state index contributed by atoms with van der Waals surface area (Å²) in [7, 11) is 0. The number of rotatable bonds is 3. The average Bonchev–Trinajstić information content (AvgIpc) is 3.95. The van der Waals surface area contributed by atoms with E-state index in [1.165, 1.54) is 96.3 Å². The summed E-state index contributed by atoms with van der Waals surface area (Å²) in [6, 6.07) is 58.7. The van der Waals surface area contributed by atoms with Gasteiger partial charge in [0.2, 0.25) is 0 Å². The van der Waals surface area contributed by atoms with Crippen molar-refractivity contribution < 1.29 is 0 Å². The molecule has 0 bridgehead atoms. The van der Waals surface area contributed by atoms with Crippen molar-refractivity contribution in [3.05, 3.63) is 181 Å². The molecule has 0 fully saturated rings. The fraction of sp³-hybridized carbons (Fsp3) is 0.0417. The molecule has 244 valence electrons. The van der Waals surface area contributed by atoms with Crippen LogP contribution in [0, 0.1) is 0 Å². The van der Waals surface area contributed by atoms with Crippen molar-refractivity contribution >= 4 is 91.4 Å². The lowest BCUT2D eigenvalue weighted by molar-refractivity contribution is 0.636. The van der Waals surface area contributed by atoms with E-state index >= 15 is 0 Å². The Kier molecular flexibility index (Phi) is 5.96. The van der Waals surface area contributed by atoms with Gasteiger partial charge >= 0.3 is 0 Å². The normalized spacial score (nSPS) is 16.3. The number of fused-ring (bicyclic) bond motifs is 13. The molecule has 0 amide bonds. The second-order valence-electron chi connectivity index (χ2n) is 14.0. The monoisotopic (exact) mass is 698 g/mol. The molecular weight excluding hydrogens is 669 g/mol. The molecule has 4 heterocycles. The zero-order chi connectivity index (χ0) is 33.9. The van der Waals surface area contributed by atoms with Crippen LogP contribution in [0.5, 0.6) is 0 Å². The van der Waals surface area contributed by atoms with Crippen molar-refractivity contribution in [2.75, 3.05) is 4.90 Å². The Hall–Kier alpha value is -5.94. The number of nitrogens with zero attached hydrogens (tertiary/aromatic N) is 2. The van der Waals surface area contributed by atoms with E-state index in [9.17, 15) is 0 Å². The van der Waals surface area contributed by atoms with Gasteiger partial charge < -0.3 is 9.47 Å².